The largest absolute Gasteiger partial charge is 0.465 e. The Morgan fingerprint density at radius 1 is 1.43 bits per heavy atom. The maximum absolute atomic E-state index is 12.2. The van der Waals surface area contributed by atoms with Gasteiger partial charge in [0.2, 0.25) is 0 Å². The number of aryl methyl sites for hydroxylation is 1. The van der Waals surface area contributed by atoms with Gasteiger partial charge in [-0.25, -0.2) is 4.79 Å². The summed E-state index contributed by atoms with van der Waals surface area (Å²) in [5, 5.41) is 22.3. The highest BCUT2D eigenvalue weighted by Crippen LogP contribution is 2.39. The number of carboxylic acid groups (broad SMARTS) is 1. The Morgan fingerprint density at radius 2 is 2.09 bits per heavy atom. The molecule has 1 aromatic heterocycles. The fraction of sp³-hybridized carbons (Fsp3) is 0.625. The molecule has 1 fully saturated rings. The van der Waals surface area contributed by atoms with E-state index in [-0.39, 0.29) is 19.5 Å². The van der Waals surface area contributed by atoms with E-state index in [2.05, 4.69) is 0 Å². The SMILES string of the molecule is Cc1csc([C@@]2(O)CCN(C(=O)O)C[C@@H]2OC(=O)C(C)(C)C)c1. The van der Waals surface area contributed by atoms with E-state index in [9.17, 15) is 19.8 Å². The molecule has 23 heavy (non-hydrogen) atoms. The van der Waals surface area contributed by atoms with Gasteiger partial charge in [0, 0.05) is 17.8 Å². The zero-order valence-corrected chi connectivity index (χ0v) is 14.6. The zero-order chi connectivity index (χ0) is 17.4. The van der Waals surface area contributed by atoms with Gasteiger partial charge in [-0.15, -0.1) is 11.3 Å². The predicted octanol–water partition coefficient (Wildman–Crippen LogP) is 2.59. The maximum atomic E-state index is 12.2. The minimum atomic E-state index is -1.36. The number of hydrogen-bond donors (Lipinski definition) is 2. The maximum Gasteiger partial charge on any atom is 0.407 e. The minimum Gasteiger partial charge on any atom is -0.465 e. The fourth-order valence-corrected chi connectivity index (χ4v) is 3.54. The molecule has 6 nitrogen and oxygen atoms in total. The Hall–Kier alpha value is -1.60. The molecule has 2 N–H and O–H groups in total. The molecule has 0 saturated carbocycles. The van der Waals surface area contributed by atoms with Crippen molar-refractivity contribution in [1.82, 2.24) is 4.90 Å². The smallest absolute Gasteiger partial charge is 0.407 e. The summed E-state index contributed by atoms with van der Waals surface area (Å²) in [6.45, 7) is 7.26. The summed E-state index contributed by atoms with van der Waals surface area (Å²) in [5.74, 6) is -0.457. The first-order chi connectivity index (χ1) is 10.5. The molecule has 128 valence electrons. The van der Waals surface area contributed by atoms with Crippen molar-refractivity contribution in [3.63, 3.8) is 0 Å². The van der Waals surface area contributed by atoms with Gasteiger partial charge in [0.15, 0.2) is 6.10 Å². The minimum absolute atomic E-state index is 0.0371. The summed E-state index contributed by atoms with van der Waals surface area (Å²) in [6, 6.07) is 1.86. The van der Waals surface area contributed by atoms with Crippen molar-refractivity contribution >= 4 is 23.4 Å². The molecule has 0 radical (unpaired) electrons. The lowest BCUT2D eigenvalue weighted by molar-refractivity contribution is -0.184. The van der Waals surface area contributed by atoms with E-state index in [0.717, 1.165) is 5.56 Å². The van der Waals surface area contributed by atoms with E-state index >= 15 is 0 Å². The normalized spacial score (nSPS) is 25.3. The average molecular weight is 341 g/mol. The van der Waals surface area contributed by atoms with Crippen LogP contribution in [0.25, 0.3) is 0 Å². The molecule has 1 aliphatic rings. The van der Waals surface area contributed by atoms with E-state index in [1.807, 2.05) is 18.4 Å². The number of carbonyl (C=O) groups is 2. The van der Waals surface area contributed by atoms with Crippen LogP contribution < -0.4 is 0 Å². The summed E-state index contributed by atoms with van der Waals surface area (Å²) in [4.78, 5) is 25.4. The predicted molar refractivity (Wildman–Crippen MR) is 86.5 cm³/mol. The zero-order valence-electron chi connectivity index (χ0n) is 13.8. The summed E-state index contributed by atoms with van der Waals surface area (Å²) in [7, 11) is 0. The number of piperidine rings is 1. The van der Waals surface area contributed by atoms with Gasteiger partial charge in [-0.1, -0.05) is 0 Å². The van der Waals surface area contributed by atoms with Crippen LogP contribution in [-0.4, -0.2) is 46.4 Å². The number of esters is 1. The number of amides is 1. The highest BCUT2D eigenvalue weighted by atomic mass is 32.1. The Kier molecular flexibility index (Phi) is 4.73. The lowest BCUT2D eigenvalue weighted by Crippen LogP contribution is -2.56. The number of aliphatic hydroxyl groups is 1. The van der Waals surface area contributed by atoms with E-state index in [4.69, 9.17) is 4.74 Å². The molecule has 1 aliphatic heterocycles. The molecule has 0 aliphatic carbocycles. The molecule has 2 rings (SSSR count). The third kappa shape index (κ3) is 3.67. The first kappa shape index (κ1) is 17.7. The second kappa shape index (κ2) is 6.13. The van der Waals surface area contributed by atoms with Crippen LogP contribution in [0.4, 0.5) is 4.79 Å². The van der Waals surface area contributed by atoms with Crippen LogP contribution in [0.5, 0.6) is 0 Å². The Morgan fingerprint density at radius 3 is 2.57 bits per heavy atom. The van der Waals surface area contributed by atoms with Gasteiger partial charge < -0.3 is 19.8 Å². The highest BCUT2D eigenvalue weighted by Gasteiger charge is 2.48. The molecule has 0 aromatic carbocycles. The number of rotatable bonds is 2. The van der Waals surface area contributed by atoms with Gasteiger partial charge in [0.25, 0.3) is 0 Å². The van der Waals surface area contributed by atoms with Gasteiger partial charge in [-0.05, 0) is 44.7 Å². The van der Waals surface area contributed by atoms with Crippen LogP contribution in [0.3, 0.4) is 0 Å². The van der Waals surface area contributed by atoms with Gasteiger partial charge in [0.05, 0.1) is 12.0 Å². The molecule has 2 heterocycles. The van der Waals surface area contributed by atoms with Crippen LogP contribution in [0.15, 0.2) is 11.4 Å². The van der Waals surface area contributed by atoms with Crippen molar-refractivity contribution in [2.24, 2.45) is 5.41 Å². The second-order valence-corrected chi connectivity index (χ2v) is 7.95. The van der Waals surface area contributed by atoms with Crippen molar-refractivity contribution in [2.45, 2.75) is 45.8 Å². The third-order valence-corrected chi connectivity index (χ3v) is 5.19. The summed E-state index contributed by atoms with van der Waals surface area (Å²) in [5.41, 5.74) is -1.07. The standard InChI is InChI=1S/C16H23NO5S/c1-10-7-12(23-9-10)16(21)5-6-17(14(19)20)8-11(16)22-13(18)15(2,3)4/h7,9,11,21H,5-6,8H2,1-4H3,(H,19,20)/t11-,16+/m0/s1. The second-order valence-electron chi connectivity index (χ2n) is 7.04. The molecular formula is C16H23NO5S. The molecule has 0 spiro atoms. The van der Waals surface area contributed by atoms with Gasteiger partial charge in [-0.3, -0.25) is 4.79 Å². The number of thiophene rings is 1. The molecule has 1 saturated heterocycles. The summed E-state index contributed by atoms with van der Waals surface area (Å²) >= 11 is 1.40. The fourth-order valence-electron chi connectivity index (χ4n) is 2.46. The molecule has 0 bridgehead atoms. The topological polar surface area (TPSA) is 87.1 Å². The molecular weight excluding hydrogens is 318 g/mol. The first-order valence-electron chi connectivity index (χ1n) is 7.51. The Bertz CT molecular complexity index is 606. The Balaban J connectivity index is 2.31. The molecule has 0 unspecified atom stereocenters. The van der Waals surface area contributed by atoms with Crippen molar-refractivity contribution in [1.29, 1.82) is 0 Å². The first-order valence-corrected chi connectivity index (χ1v) is 8.39. The van der Waals surface area contributed by atoms with E-state index < -0.39 is 29.2 Å². The van der Waals surface area contributed by atoms with E-state index in [0.29, 0.717) is 4.88 Å². The van der Waals surface area contributed by atoms with E-state index in [1.54, 1.807) is 20.8 Å². The van der Waals surface area contributed by atoms with Crippen molar-refractivity contribution in [3.8, 4) is 0 Å². The van der Waals surface area contributed by atoms with Crippen LogP contribution in [0.2, 0.25) is 0 Å². The molecule has 1 aromatic rings. The van der Waals surface area contributed by atoms with Crippen LogP contribution in [-0.2, 0) is 15.1 Å². The Labute approximate surface area is 139 Å². The van der Waals surface area contributed by atoms with Crippen LogP contribution in [0, 0.1) is 12.3 Å². The van der Waals surface area contributed by atoms with Gasteiger partial charge >= 0.3 is 12.1 Å². The number of carbonyl (C=O) groups excluding carboxylic acids is 1. The number of hydrogen-bond acceptors (Lipinski definition) is 5. The number of ether oxygens (including phenoxy) is 1. The summed E-state index contributed by atoms with van der Waals surface area (Å²) < 4.78 is 5.53. The van der Waals surface area contributed by atoms with Crippen LogP contribution in [0.1, 0.15) is 37.6 Å². The summed E-state index contributed by atoms with van der Waals surface area (Å²) in [6.07, 6.45) is -1.80. The van der Waals surface area contributed by atoms with E-state index in [1.165, 1.54) is 16.2 Å². The number of likely N-dealkylation sites (tertiary alicyclic amines) is 1. The molecule has 7 heteroatoms. The van der Waals surface area contributed by atoms with Gasteiger partial charge in [0.1, 0.15) is 5.60 Å². The van der Waals surface area contributed by atoms with Crippen molar-refractivity contribution in [2.75, 3.05) is 13.1 Å². The van der Waals surface area contributed by atoms with Crippen LogP contribution >= 0.6 is 11.3 Å². The van der Waals surface area contributed by atoms with Gasteiger partial charge in [-0.2, -0.15) is 0 Å². The average Bonchev–Trinajstić information content (AvgIpc) is 2.87. The highest BCUT2D eigenvalue weighted by molar-refractivity contribution is 7.10. The quantitative estimate of drug-likeness (QED) is 0.807. The van der Waals surface area contributed by atoms with Crippen molar-refractivity contribution < 1.29 is 24.5 Å². The molecule has 2 atom stereocenters. The third-order valence-electron chi connectivity index (χ3n) is 3.97. The number of nitrogens with zero attached hydrogens (tertiary/aromatic N) is 1. The van der Waals surface area contributed by atoms with Crippen molar-refractivity contribution in [3.05, 3.63) is 21.9 Å². The monoisotopic (exact) mass is 341 g/mol. The lowest BCUT2D eigenvalue weighted by Gasteiger charge is -2.43. The lowest BCUT2D eigenvalue weighted by atomic mass is 9.86. The molecule has 1 amide bonds.